The van der Waals surface area contributed by atoms with Gasteiger partial charge in [-0.2, -0.15) is 5.26 Å². The molecular formula is C11H11NOS. The van der Waals surface area contributed by atoms with Gasteiger partial charge in [-0.15, -0.1) is 0 Å². The van der Waals surface area contributed by atoms with Crippen molar-refractivity contribution >= 4 is 17.5 Å². The van der Waals surface area contributed by atoms with Crippen LogP contribution in [0.2, 0.25) is 0 Å². The molecule has 2 nitrogen and oxygen atoms in total. The lowest BCUT2D eigenvalue weighted by molar-refractivity contribution is -0.116. The number of thioether (sulfide) groups is 1. The molecule has 0 N–H and O–H groups in total. The van der Waals surface area contributed by atoms with Crippen molar-refractivity contribution in [1.82, 2.24) is 0 Å². The van der Waals surface area contributed by atoms with E-state index in [1.54, 1.807) is 0 Å². The first-order valence-electron chi connectivity index (χ1n) is 4.33. The summed E-state index contributed by atoms with van der Waals surface area (Å²) in [4.78, 5) is 11.2. The van der Waals surface area contributed by atoms with Crippen molar-refractivity contribution in [3.8, 4) is 5.40 Å². The molecule has 0 aliphatic heterocycles. The zero-order valence-corrected chi connectivity index (χ0v) is 8.75. The minimum absolute atomic E-state index is 0.0559. The van der Waals surface area contributed by atoms with E-state index in [0.29, 0.717) is 6.42 Å². The Morgan fingerprint density at radius 3 is 2.64 bits per heavy atom. The van der Waals surface area contributed by atoms with E-state index in [1.165, 1.54) is 6.92 Å². The molecule has 0 radical (unpaired) electrons. The molecule has 1 atom stereocenters. The van der Waals surface area contributed by atoms with Crippen LogP contribution in [0.15, 0.2) is 30.3 Å². The molecule has 0 aliphatic rings. The fraction of sp³-hybridized carbons (Fsp3) is 0.273. The third kappa shape index (κ3) is 3.23. The quantitative estimate of drug-likeness (QED) is 0.709. The van der Waals surface area contributed by atoms with Gasteiger partial charge in [0, 0.05) is 0 Å². The van der Waals surface area contributed by atoms with Gasteiger partial charge in [0.25, 0.3) is 0 Å². The van der Waals surface area contributed by atoms with Crippen molar-refractivity contribution in [2.24, 2.45) is 0 Å². The van der Waals surface area contributed by atoms with Crippen molar-refractivity contribution < 1.29 is 4.79 Å². The first kappa shape index (κ1) is 10.8. The first-order chi connectivity index (χ1) is 6.74. The van der Waals surface area contributed by atoms with Crippen LogP contribution < -0.4 is 0 Å². The summed E-state index contributed by atoms with van der Waals surface area (Å²) in [6, 6.07) is 9.73. The first-order valence-corrected chi connectivity index (χ1v) is 5.21. The maximum Gasteiger partial charge on any atom is 0.144 e. The molecule has 0 amide bonds. The SMILES string of the molecule is CC(=O)[C@@H](Cc1ccccc1)SC#N. The summed E-state index contributed by atoms with van der Waals surface area (Å²) in [5.41, 5.74) is 1.09. The van der Waals surface area contributed by atoms with E-state index >= 15 is 0 Å². The molecule has 14 heavy (non-hydrogen) atoms. The highest BCUT2D eigenvalue weighted by molar-refractivity contribution is 8.04. The lowest BCUT2D eigenvalue weighted by atomic mass is 10.1. The number of Topliss-reactive ketones (excluding diaryl/α,β-unsaturated/α-hetero) is 1. The van der Waals surface area contributed by atoms with Gasteiger partial charge in [-0.1, -0.05) is 30.3 Å². The standard InChI is InChI=1S/C11H11NOS/c1-9(13)11(14-8-12)7-10-5-3-2-4-6-10/h2-6,11H,7H2,1H3/t11-/m1/s1. The number of benzene rings is 1. The Labute approximate surface area is 87.9 Å². The Kier molecular flexibility index (Phi) is 4.21. The van der Waals surface area contributed by atoms with Gasteiger partial charge >= 0.3 is 0 Å². The summed E-state index contributed by atoms with van der Waals surface area (Å²) in [5.74, 6) is 0.0559. The number of ketones is 1. The summed E-state index contributed by atoms with van der Waals surface area (Å²) in [5, 5.41) is 10.3. The summed E-state index contributed by atoms with van der Waals surface area (Å²) in [7, 11) is 0. The zero-order chi connectivity index (χ0) is 10.4. The molecule has 0 saturated heterocycles. The average molecular weight is 205 g/mol. The zero-order valence-electron chi connectivity index (χ0n) is 7.93. The molecule has 0 aliphatic carbocycles. The molecule has 1 aromatic rings. The Hall–Kier alpha value is -1.27. The minimum atomic E-state index is -0.234. The van der Waals surface area contributed by atoms with Gasteiger partial charge in [0.15, 0.2) is 0 Å². The maximum absolute atomic E-state index is 11.2. The lowest BCUT2D eigenvalue weighted by Crippen LogP contribution is -2.15. The normalized spacial score (nSPS) is 11.7. The maximum atomic E-state index is 11.2. The Morgan fingerprint density at radius 2 is 2.14 bits per heavy atom. The minimum Gasteiger partial charge on any atom is -0.299 e. The van der Waals surface area contributed by atoms with Crippen LogP contribution in [0.1, 0.15) is 12.5 Å². The molecule has 0 aromatic heterocycles. The Bertz CT molecular complexity index is 342. The van der Waals surface area contributed by atoms with Crippen molar-refractivity contribution in [1.29, 1.82) is 5.26 Å². The third-order valence-corrected chi connectivity index (χ3v) is 2.80. The predicted octanol–water partition coefficient (Wildman–Crippen LogP) is 2.40. The van der Waals surface area contributed by atoms with Crippen molar-refractivity contribution in [3.63, 3.8) is 0 Å². The fourth-order valence-corrected chi connectivity index (χ4v) is 1.73. The number of nitriles is 1. The van der Waals surface area contributed by atoms with E-state index in [4.69, 9.17) is 5.26 Å². The van der Waals surface area contributed by atoms with Crippen LogP contribution in [0, 0.1) is 10.7 Å². The molecule has 0 fully saturated rings. The monoisotopic (exact) mass is 205 g/mol. The van der Waals surface area contributed by atoms with Crippen molar-refractivity contribution in [3.05, 3.63) is 35.9 Å². The summed E-state index contributed by atoms with van der Waals surface area (Å²) in [6.45, 7) is 1.53. The van der Waals surface area contributed by atoms with Gasteiger partial charge in [-0.05, 0) is 30.7 Å². The van der Waals surface area contributed by atoms with Crippen LogP contribution >= 0.6 is 11.8 Å². The summed E-state index contributed by atoms with van der Waals surface area (Å²) in [6.07, 6.45) is 0.633. The largest absolute Gasteiger partial charge is 0.299 e. The second-order valence-electron chi connectivity index (χ2n) is 3.00. The van der Waals surface area contributed by atoms with E-state index in [9.17, 15) is 4.79 Å². The van der Waals surface area contributed by atoms with Crippen LogP contribution in [0.4, 0.5) is 0 Å². The van der Waals surface area contributed by atoms with Crippen molar-refractivity contribution in [2.45, 2.75) is 18.6 Å². The molecule has 0 heterocycles. The van der Waals surface area contributed by atoms with Gasteiger partial charge in [0.05, 0.1) is 5.25 Å². The van der Waals surface area contributed by atoms with E-state index in [2.05, 4.69) is 0 Å². The highest BCUT2D eigenvalue weighted by Crippen LogP contribution is 2.16. The van der Waals surface area contributed by atoms with E-state index in [1.807, 2.05) is 35.7 Å². The number of thiocyanates is 1. The van der Waals surface area contributed by atoms with E-state index in [-0.39, 0.29) is 11.0 Å². The van der Waals surface area contributed by atoms with Crippen LogP contribution in [0.25, 0.3) is 0 Å². The highest BCUT2D eigenvalue weighted by Gasteiger charge is 2.14. The molecular weight excluding hydrogens is 194 g/mol. The summed E-state index contributed by atoms with van der Waals surface area (Å²) >= 11 is 1.04. The average Bonchev–Trinajstić information content (AvgIpc) is 2.18. The molecule has 1 rings (SSSR count). The number of rotatable bonds is 4. The van der Waals surface area contributed by atoms with Gasteiger partial charge < -0.3 is 0 Å². The second-order valence-corrected chi connectivity index (χ2v) is 3.99. The topological polar surface area (TPSA) is 40.9 Å². The van der Waals surface area contributed by atoms with Crippen LogP contribution in [-0.2, 0) is 11.2 Å². The Morgan fingerprint density at radius 1 is 1.50 bits per heavy atom. The van der Waals surface area contributed by atoms with Crippen molar-refractivity contribution in [2.75, 3.05) is 0 Å². The third-order valence-electron chi connectivity index (χ3n) is 1.91. The van der Waals surface area contributed by atoms with Gasteiger partial charge in [0.2, 0.25) is 0 Å². The molecule has 3 heteroatoms. The van der Waals surface area contributed by atoms with E-state index < -0.39 is 0 Å². The lowest BCUT2D eigenvalue weighted by Gasteiger charge is -2.08. The van der Waals surface area contributed by atoms with Crippen LogP contribution in [-0.4, -0.2) is 11.0 Å². The highest BCUT2D eigenvalue weighted by atomic mass is 32.2. The predicted molar refractivity (Wildman–Crippen MR) is 57.8 cm³/mol. The van der Waals surface area contributed by atoms with Gasteiger partial charge in [-0.3, -0.25) is 4.79 Å². The second kappa shape index (κ2) is 5.46. The summed E-state index contributed by atoms with van der Waals surface area (Å²) < 4.78 is 0. The van der Waals surface area contributed by atoms with Gasteiger partial charge in [0.1, 0.15) is 11.2 Å². The molecule has 1 aromatic carbocycles. The van der Waals surface area contributed by atoms with Gasteiger partial charge in [-0.25, -0.2) is 0 Å². The van der Waals surface area contributed by atoms with Crippen LogP contribution in [0.5, 0.6) is 0 Å². The number of hydrogen-bond acceptors (Lipinski definition) is 3. The molecule has 0 saturated carbocycles. The molecule has 0 spiro atoms. The number of carbonyl (C=O) groups excluding carboxylic acids is 1. The molecule has 0 bridgehead atoms. The Balaban J connectivity index is 2.66. The van der Waals surface area contributed by atoms with E-state index in [0.717, 1.165) is 17.3 Å². The molecule has 0 unspecified atom stereocenters. The number of hydrogen-bond donors (Lipinski definition) is 0. The fourth-order valence-electron chi connectivity index (χ4n) is 1.16. The number of carbonyl (C=O) groups is 1. The molecule has 72 valence electrons. The number of nitrogens with zero attached hydrogens (tertiary/aromatic N) is 1. The van der Waals surface area contributed by atoms with Crippen LogP contribution in [0.3, 0.4) is 0 Å². The smallest absolute Gasteiger partial charge is 0.144 e.